The van der Waals surface area contributed by atoms with Crippen molar-refractivity contribution < 1.29 is 19.6 Å². The summed E-state index contributed by atoms with van der Waals surface area (Å²) in [6.07, 6.45) is 4.34. The molecule has 4 aliphatic carbocycles. The average molecular weight is 477 g/mol. The van der Waals surface area contributed by atoms with E-state index < -0.39 is 18.2 Å². The smallest absolute Gasteiger partial charge is 0.239 e. The molecule has 2 aromatic carbocycles. The zero-order valence-corrected chi connectivity index (χ0v) is 19.0. The van der Waals surface area contributed by atoms with Crippen LogP contribution in [0.2, 0.25) is 10.0 Å². The number of nitrogens with one attached hydrogen (secondary N) is 2. The summed E-state index contributed by atoms with van der Waals surface area (Å²) in [6, 6.07) is 14.9. The van der Waals surface area contributed by atoms with Crippen LogP contribution in [0.15, 0.2) is 48.5 Å². The monoisotopic (exact) mass is 476 g/mol. The van der Waals surface area contributed by atoms with Crippen LogP contribution in [0.1, 0.15) is 32.1 Å². The second-order valence-electron chi connectivity index (χ2n) is 9.54. The maximum atomic E-state index is 6.18. The van der Waals surface area contributed by atoms with Gasteiger partial charge >= 0.3 is 0 Å². The molecule has 1 aliphatic heterocycles. The lowest BCUT2D eigenvalue weighted by atomic mass is 9.53. The average Bonchev–Trinajstić information content (AvgIpc) is 2.93. The molecule has 2 unspecified atom stereocenters. The van der Waals surface area contributed by atoms with Gasteiger partial charge in [-0.1, -0.05) is 35.3 Å². The topological polar surface area (TPSA) is 61.0 Å². The molecular formula is C24H26Cl2N2O4. The minimum atomic E-state index is -0.869. The van der Waals surface area contributed by atoms with Crippen LogP contribution in [0.3, 0.4) is 0 Å². The van der Waals surface area contributed by atoms with Crippen molar-refractivity contribution in [1.82, 2.24) is 0 Å². The largest absolute Gasteiger partial charge is 0.354 e. The van der Waals surface area contributed by atoms with Crippen molar-refractivity contribution in [3.05, 3.63) is 58.6 Å². The number of hydrogen-bond acceptors (Lipinski definition) is 6. The first-order valence-electron chi connectivity index (χ1n) is 11.3. The van der Waals surface area contributed by atoms with E-state index in [1.54, 1.807) is 0 Å². The summed E-state index contributed by atoms with van der Waals surface area (Å²) in [5.74, 6) is 1.21. The van der Waals surface area contributed by atoms with E-state index in [0.717, 1.165) is 48.9 Å². The highest BCUT2D eigenvalue weighted by Crippen LogP contribution is 2.60. The lowest BCUT2D eigenvalue weighted by Crippen LogP contribution is -2.60. The molecule has 2 aromatic rings. The highest BCUT2D eigenvalue weighted by Gasteiger charge is 2.62. The molecule has 170 valence electrons. The number of rotatable bonds is 4. The lowest BCUT2D eigenvalue weighted by molar-refractivity contribution is -0.527. The molecule has 0 radical (unpaired) electrons. The van der Waals surface area contributed by atoms with Crippen molar-refractivity contribution in [3.63, 3.8) is 0 Å². The molecule has 1 spiro atoms. The third kappa shape index (κ3) is 3.87. The van der Waals surface area contributed by atoms with Crippen molar-refractivity contribution in [3.8, 4) is 0 Å². The molecule has 2 atom stereocenters. The number of hydrogen-bond donors (Lipinski definition) is 2. The van der Waals surface area contributed by atoms with E-state index >= 15 is 0 Å². The second kappa shape index (κ2) is 8.35. The number of halogens is 2. The molecule has 1 heterocycles. The Morgan fingerprint density at radius 3 is 1.59 bits per heavy atom. The predicted octanol–water partition coefficient (Wildman–Crippen LogP) is 6.23. The normalized spacial score (nSPS) is 37.9. The van der Waals surface area contributed by atoms with Crippen LogP contribution in [-0.4, -0.2) is 18.2 Å². The summed E-state index contributed by atoms with van der Waals surface area (Å²) in [7, 11) is 0. The lowest BCUT2D eigenvalue weighted by Gasteiger charge is -2.57. The SMILES string of the molecule is Clc1cccc(NC2OOC3(OOC2Nc2cccc(Cl)c2)C2CC4CC(C2)CC3C4)c1. The minimum absolute atomic E-state index is 0.274. The molecule has 7 rings (SSSR count). The minimum Gasteiger partial charge on any atom is -0.354 e. The van der Waals surface area contributed by atoms with E-state index in [4.69, 9.17) is 42.8 Å². The Balaban J connectivity index is 1.27. The van der Waals surface area contributed by atoms with E-state index in [1.807, 2.05) is 48.5 Å². The molecule has 6 nitrogen and oxygen atoms in total. The zero-order valence-electron chi connectivity index (χ0n) is 17.5. The Morgan fingerprint density at radius 1 is 0.688 bits per heavy atom. The van der Waals surface area contributed by atoms with Gasteiger partial charge in [-0.15, -0.1) is 0 Å². The van der Waals surface area contributed by atoms with Gasteiger partial charge in [-0.05, 0) is 80.3 Å². The standard InChI is InChI=1S/C24H26Cl2N2O4/c25-18-3-1-5-20(12-18)27-22-23(28-21-6-2-4-19(26)13-21)30-32-24(31-29-22)16-8-14-7-15(10-16)11-17(24)9-14/h1-6,12-17,22-23,27-28H,7-11H2. The Morgan fingerprint density at radius 2 is 1.16 bits per heavy atom. The van der Waals surface area contributed by atoms with E-state index in [0.29, 0.717) is 10.0 Å². The first-order valence-corrected chi connectivity index (χ1v) is 12.1. The first kappa shape index (κ1) is 21.0. The molecule has 0 amide bonds. The molecule has 1 saturated heterocycles. The van der Waals surface area contributed by atoms with Crippen LogP contribution >= 0.6 is 23.2 Å². The summed E-state index contributed by atoms with van der Waals surface area (Å²) in [4.78, 5) is 24.4. The quantitative estimate of drug-likeness (QED) is 0.509. The Kier molecular flexibility index (Phi) is 5.49. The molecular weight excluding hydrogens is 451 g/mol. The third-order valence-electron chi connectivity index (χ3n) is 7.38. The van der Waals surface area contributed by atoms with Gasteiger partial charge in [0.1, 0.15) is 0 Å². The van der Waals surface area contributed by atoms with Crippen LogP contribution < -0.4 is 10.6 Å². The summed E-state index contributed by atoms with van der Waals surface area (Å²) in [5.41, 5.74) is 1.57. The molecule has 2 N–H and O–H groups in total. The zero-order chi connectivity index (χ0) is 21.7. The Hall–Kier alpha value is -1.54. The number of anilines is 2. The summed E-state index contributed by atoms with van der Waals surface area (Å²) in [5, 5.41) is 7.89. The Bertz CT molecular complexity index is 902. The van der Waals surface area contributed by atoms with Gasteiger partial charge in [0.05, 0.1) is 0 Å². The van der Waals surface area contributed by atoms with Crippen molar-refractivity contribution in [2.45, 2.75) is 50.3 Å². The van der Waals surface area contributed by atoms with E-state index in [2.05, 4.69) is 10.6 Å². The summed E-state index contributed by atoms with van der Waals surface area (Å²) >= 11 is 12.4. The fourth-order valence-electron chi connectivity index (χ4n) is 6.17. The van der Waals surface area contributed by atoms with Crippen LogP contribution in [0.4, 0.5) is 11.4 Å². The van der Waals surface area contributed by atoms with E-state index in [1.165, 1.54) is 6.42 Å². The highest BCUT2D eigenvalue weighted by atomic mass is 35.5. The Labute approximate surface area is 197 Å². The van der Waals surface area contributed by atoms with Gasteiger partial charge in [-0.3, -0.25) is 0 Å². The summed E-state index contributed by atoms with van der Waals surface area (Å²) in [6.45, 7) is 0. The molecule has 8 heteroatoms. The van der Waals surface area contributed by atoms with Crippen LogP contribution in [0.25, 0.3) is 0 Å². The van der Waals surface area contributed by atoms with E-state index in [-0.39, 0.29) is 11.8 Å². The maximum absolute atomic E-state index is 6.18. The van der Waals surface area contributed by atoms with Gasteiger partial charge in [-0.25, -0.2) is 9.78 Å². The van der Waals surface area contributed by atoms with Gasteiger partial charge in [0, 0.05) is 33.3 Å². The molecule has 32 heavy (non-hydrogen) atoms. The van der Waals surface area contributed by atoms with Crippen molar-refractivity contribution >= 4 is 34.6 Å². The highest BCUT2D eigenvalue weighted by molar-refractivity contribution is 6.31. The fraction of sp³-hybridized carbons (Fsp3) is 0.500. The predicted molar refractivity (Wildman–Crippen MR) is 122 cm³/mol. The van der Waals surface area contributed by atoms with E-state index in [9.17, 15) is 0 Å². The molecule has 5 fully saturated rings. The number of benzene rings is 2. The molecule has 5 aliphatic rings. The van der Waals surface area contributed by atoms with Crippen molar-refractivity contribution in [2.75, 3.05) is 10.6 Å². The van der Waals surface area contributed by atoms with Gasteiger partial charge in [0.15, 0.2) is 0 Å². The second-order valence-corrected chi connectivity index (χ2v) is 10.4. The summed E-state index contributed by atoms with van der Waals surface area (Å²) < 4.78 is 0. The first-order chi connectivity index (χ1) is 15.6. The van der Waals surface area contributed by atoms with Gasteiger partial charge in [0.2, 0.25) is 18.2 Å². The fourth-order valence-corrected chi connectivity index (χ4v) is 6.55. The van der Waals surface area contributed by atoms with Gasteiger partial charge in [0.25, 0.3) is 0 Å². The van der Waals surface area contributed by atoms with Gasteiger partial charge < -0.3 is 10.6 Å². The van der Waals surface area contributed by atoms with Gasteiger partial charge in [-0.2, -0.15) is 9.78 Å². The maximum Gasteiger partial charge on any atom is 0.239 e. The van der Waals surface area contributed by atoms with Crippen LogP contribution in [0.5, 0.6) is 0 Å². The third-order valence-corrected chi connectivity index (χ3v) is 7.85. The molecule has 0 aromatic heterocycles. The van der Waals surface area contributed by atoms with Crippen LogP contribution in [-0.2, 0) is 19.6 Å². The molecule has 4 saturated carbocycles. The van der Waals surface area contributed by atoms with Crippen LogP contribution in [0, 0.1) is 23.7 Å². The molecule has 4 bridgehead atoms. The van der Waals surface area contributed by atoms with Crippen molar-refractivity contribution in [1.29, 1.82) is 0 Å². The van der Waals surface area contributed by atoms with Crippen molar-refractivity contribution in [2.24, 2.45) is 23.7 Å².